The summed E-state index contributed by atoms with van der Waals surface area (Å²) in [5.74, 6) is -0.0903. The van der Waals surface area contributed by atoms with Crippen molar-refractivity contribution in [2.24, 2.45) is 0 Å². The van der Waals surface area contributed by atoms with E-state index in [4.69, 9.17) is 0 Å². The zero-order valence-electron chi connectivity index (χ0n) is 11.6. The fraction of sp³-hybridized carbons (Fsp3) is 0.533. The van der Waals surface area contributed by atoms with E-state index in [0.29, 0.717) is 6.54 Å². The second-order valence-electron chi connectivity index (χ2n) is 5.21. The maximum absolute atomic E-state index is 13.2. The van der Waals surface area contributed by atoms with Crippen LogP contribution in [0.1, 0.15) is 30.9 Å². The molecule has 0 saturated carbocycles. The molecule has 1 aromatic rings. The van der Waals surface area contributed by atoms with Gasteiger partial charge in [0.05, 0.1) is 6.04 Å². The molecule has 4 heteroatoms. The van der Waals surface area contributed by atoms with E-state index in [2.05, 4.69) is 5.32 Å². The largest absolute Gasteiger partial charge is 0.341 e. The van der Waals surface area contributed by atoms with E-state index in [1.165, 1.54) is 12.1 Å². The van der Waals surface area contributed by atoms with Crippen LogP contribution in [0.2, 0.25) is 0 Å². The number of amides is 1. The molecule has 1 aliphatic rings. The zero-order valence-corrected chi connectivity index (χ0v) is 11.6. The van der Waals surface area contributed by atoms with Gasteiger partial charge in [-0.25, -0.2) is 4.39 Å². The summed E-state index contributed by atoms with van der Waals surface area (Å²) in [7, 11) is 0. The predicted octanol–water partition coefficient (Wildman–Crippen LogP) is 2.23. The highest BCUT2D eigenvalue weighted by atomic mass is 19.1. The van der Waals surface area contributed by atoms with Gasteiger partial charge in [0.15, 0.2) is 0 Å². The molecule has 1 heterocycles. The molecule has 0 radical (unpaired) electrons. The second kappa shape index (κ2) is 6.15. The number of hydrogen-bond acceptors (Lipinski definition) is 2. The Morgan fingerprint density at radius 3 is 2.79 bits per heavy atom. The van der Waals surface area contributed by atoms with Gasteiger partial charge in [0.2, 0.25) is 5.91 Å². The molecular weight excluding hydrogens is 243 g/mol. The van der Waals surface area contributed by atoms with E-state index < -0.39 is 0 Å². The van der Waals surface area contributed by atoms with Crippen molar-refractivity contribution in [3.8, 4) is 0 Å². The Morgan fingerprint density at radius 2 is 2.11 bits per heavy atom. The molecule has 1 fully saturated rings. The Bertz CT molecular complexity index is 455. The number of likely N-dealkylation sites (tertiary alicyclic amines) is 1. The van der Waals surface area contributed by atoms with Crippen molar-refractivity contribution in [2.75, 3.05) is 13.1 Å². The highest BCUT2D eigenvalue weighted by Crippen LogP contribution is 2.12. The molecular formula is C15H21FN2O. The third-order valence-electron chi connectivity index (χ3n) is 3.70. The van der Waals surface area contributed by atoms with Crippen molar-refractivity contribution in [2.45, 2.75) is 39.3 Å². The van der Waals surface area contributed by atoms with E-state index in [1.807, 2.05) is 18.7 Å². The van der Waals surface area contributed by atoms with Crippen LogP contribution in [0, 0.1) is 12.7 Å². The van der Waals surface area contributed by atoms with Crippen molar-refractivity contribution in [1.82, 2.24) is 10.2 Å². The minimum atomic E-state index is -0.235. The number of benzene rings is 1. The van der Waals surface area contributed by atoms with E-state index in [0.717, 1.165) is 37.1 Å². The second-order valence-corrected chi connectivity index (χ2v) is 5.21. The first-order valence-electron chi connectivity index (χ1n) is 6.85. The third-order valence-corrected chi connectivity index (χ3v) is 3.70. The van der Waals surface area contributed by atoms with Crippen LogP contribution in [0.15, 0.2) is 18.2 Å². The summed E-state index contributed by atoms with van der Waals surface area (Å²) in [5, 5.41) is 3.19. The molecule has 104 valence electrons. The van der Waals surface area contributed by atoms with Crippen molar-refractivity contribution < 1.29 is 9.18 Å². The van der Waals surface area contributed by atoms with Gasteiger partial charge in [-0.2, -0.15) is 0 Å². The molecule has 1 N–H and O–H groups in total. The molecule has 0 spiro atoms. The Morgan fingerprint density at radius 1 is 1.42 bits per heavy atom. The Balaban J connectivity index is 1.90. The number of hydrogen-bond donors (Lipinski definition) is 1. The summed E-state index contributed by atoms with van der Waals surface area (Å²) in [5.41, 5.74) is 1.94. The van der Waals surface area contributed by atoms with Crippen LogP contribution in [0.25, 0.3) is 0 Å². The van der Waals surface area contributed by atoms with Crippen LogP contribution in [-0.4, -0.2) is 29.9 Å². The lowest BCUT2D eigenvalue weighted by atomic mass is 10.1. The van der Waals surface area contributed by atoms with Crippen LogP contribution in [0.4, 0.5) is 4.39 Å². The van der Waals surface area contributed by atoms with Crippen LogP contribution in [0.3, 0.4) is 0 Å². The molecule has 19 heavy (non-hydrogen) atoms. The Kier molecular flexibility index (Phi) is 4.53. The van der Waals surface area contributed by atoms with Crippen molar-refractivity contribution in [3.63, 3.8) is 0 Å². The average molecular weight is 264 g/mol. The lowest BCUT2D eigenvalue weighted by Gasteiger charge is -2.21. The molecule has 1 amide bonds. The van der Waals surface area contributed by atoms with E-state index in [1.54, 1.807) is 6.07 Å². The average Bonchev–Trinajstić information content (AvgIpc) is 2.92. The number of rotatable bonds is 4. The van der Waals surface area contributed by atoms with Crippen LogP contribution < -0.4 is 5.32 Å². The van der Waals surface area contributed by atoms with Gasteiger partial charge in [-0.1, -0.05) is 6.07 Å². The number of aryl methyl sites for hydroxylation is 1. The molecule has 0 bridgehead atoms. The summed E-state index contributed by atoms with van der Waals surface area (Å²) < 4.78 is 13.2. The standard InChI is InChI=1S/C15H21FN2O/c1-11-5-6-14(16)9-13(11)10-17-12(2)15(19)18-7-3-4-8-18/h5-6,9,12,17H,3-4,7-8,10H2,1-2H3. The van der Waals surface area contributed by atoms with Crippen LogP contribution in [0.5, 0.6) is 0 Å². The number of carbonyl (C=O) groups is 1. The van der Waals surface area contributed by atoms with E-state index >= 15 is 0 Å². The molecule has 1 aliphatic heterocycles. The number of halogens is 1. The van der Waals surface area contributed by atoms with E-state index in [-0.39, 0.29) is 17.8 Å². The SMILES string of the molecule is Cc1ccc(F)cc1CNC(C)C(=O)N1CCCC1. The van der Waals surface area contributed by atoms with Crippen molar-refractivity contribution in [1.29, 1.82) is 0 Å². The maximum atomic E-state index is 13.2. The summed E-state index contributed by atoms with van der Waals surface area (Å²) in [6.07, 6.45) is 2.20. The number of nitrogens with one attached hydrogen (secondary N) is 1. The first-order valence-corrected chi connectivity index (χ1v) is 6.85. The first kappa shape index (κ1) is 14.0. The molecule has 2 rings (SSSR count). The highest BCUT2D eigenvalue weighted by Gasteiger charge is 2.22. The molecule has 0 aliphatic carbocycles. The highest BCUT2D eigenvalue weighted by molar-refractivity contribution is 5.81. The summed E-state index contributed by atoms with van der Waals surface area (Å²) >= 11 is 0. The van der Waals surface area contributed by atoms with Gasteiger partial charge in [-0.3, -0.25) is 4.79 Å². The van der Waals surface area contributed by atoms with Gasteiger partial charge in [0, 0.05) is 19.6 Å². The molecule has 0 aromatic heterocycles. The summed E-state index contributed by atoms with van der Waals surface area (Å²) in [6, 6.07) is 4.52. The first-order chi connectivity index (χ1) is 9.08. The number of nitrogens with zero attached hydrogens (tertiary/aromatic N) is 1. The topological polar surface area (TPSA) is 32.3 Å². The third kappa shape index (κ3) is 3.53. The molecule has 1 aromatic carbocycles. The quantitative estimate of drug-likeness (QED) is 0.904. The summed E-state index contributed by atoms with van der Waals surface area (Å²) in [6.45, 7) is 6.07. The van der Waals surface area contributed by atoms with Gasteiger partial charge < -0.3 is 10.2 Å². The normalized spacial score (nSPS) is 16.7. The van der Waals surface area contributed by atoms with Gasteiger partial charge in [-0.15, -0.1) is 0 Å². The van der Waals surface area contributed by atoms with Gasteiger partial charge in [0.1, 0.15) is 5.82 Å². The predicted molar refractivity (Wildman–Crippen MR) is 73.3 cm³/mol. The minimum absolute atomic E-state index is 0.145. The van der Waals surface area contributed by atoms with Crippen LogP contribution in [-0.2, 0) is 11.3 Å². The fourth-order valence-electron chi connectivity index (χ4n) is 2.39. The Labute approximate surface area is 113 Å². The summed E-state index contributed by atoms with van der Waals surface area (Å²) in [4.78, 5) is 14.0. The fourth-order valence-corrected chi connectivity index (χ4v) is 2.39. The molecule has 1 saturated heterocycles. The van der Waals surface area contributed by atoms with Crippen molar-refractivity contribution in [3.05, 3.63) is 35.1 Å². The van der Waals surface area contributed by atoms with Gasteiger partial charge in [-0.05, 0) is 49.9 Å². The Hall–Kier alpha value is -1.42. The molecule has 1 atom stereocenters. The lowest BCUT2D eigenvalue weighted by molar-refractivity contribution is -0.131. The van der Waals surface area contributed by atoms with Crippen LogP contribution >= 0.6 is 0 Å². The maximum Gasteiger partial charge on any atom is 0.239 e. The zero-order chi connectivity index (χ0) is 13.8. The van der Waals surface area contributed by atoms with Gasteiger partial charge in [0.25, 0.3) is 0 Å². The van der Waals surface area contributed by atoms with E-state index in [9.17, 15) is 9.18 Å². The lowest BCUT2D eigenvalue weighted by Crippen LogP contribution is -2.43. The number of carbonyl (C=O) groups excluding carboxylic acids is 1. The van der Waals surface area contributed by atoms with Gasteiger partial charge >= 0.3 is 0 Å². The smallest absolute Gasteiger partial charge is 0.239 e. The molecule has 3 nitrogen and oxygen atoms in total. The molecule has 1 unspecified atom stereocenters. The van der Waals surface area contributed by atoms with Crippen molar-refractivity contribution >= 4 is 5.91 Å². The minimum Gasteiger partial charge on any atom is -0.341 e. The monoisotopic (exact) mass is 264 g/mol.